The summed E-state index contributed by atoms with van der Waals surface area (Å²) in [7, 11) is 0. The summed E-state index contributed by atoms with van der Waals surface area (Å²) >= 11 is 12.1. The van der Waals surface area contributed by atoms with E-state index in [1.807, 2.05) is 77.3 Å². The zero-order valence-corrected chi connectivity index (χ0v) is 14.1. The zero-order chi connectivity index (χ0) is 16.5. The van der Waals surface area contributed by atoms with Crippen molar-refractivity contribution in [1.82, 2.24) is 9.38 Å². The molecule has 0 aliphatic heterocycles. The van der Waals surface area contributed by atoms with Crippen molar-refractivity contribution in [3.8, 4) is 11.3 Å². The quantitative estimate of drug-likeness (QED) is 0.485. The van der Waals surface area contributed by atoms with Gasteiger partial charge in [0.05, 0.1) is 5.02 Å². The molecular formula is C19H13Cl2N3. The lowest BCUT2D eigenvalue weighted by atomic mass is 10.1. The van der Waals surface area contributed by atoms with Crippen LogP contribution >= 0.6 is 23.2 Å². The number of pyridine rings is 1. The molecule has 24 heavy (non-hydrogen) atoms. The van der Waals surface area contributed by atoms with Gasteiger partial charge in [0.1, 0.15) is 17.2 Å². The van der Waals surface area contributed by atoms with E-state index in [4.69, 9.17) is 28.2 Å². The average Bonchev–Trinajstić information content (AvgIpc) is 2.95. The van der Waals surface area contributed by atoms with Crippen LogP contribution in [0.1, 0.15) is 0 Å². The molecule has 2 aromatic carbocycles. The predicted molar refractivity (Wildman–Crippen MR) is 100 cm³/mol. The lowest BCUT2D eigenvalue weighted by molar-refractivity contribution is 1.18. The number of halogens is 2. The molecule has 0 bridgehead atoms. The number of hydrogen-bond donors (Lipinski definition) is 1. The first-order valence-corrected chi connectivity index (χ1v) is 8.22. The number of anilines is 2. The van der Waals surface area contributed by atoms with Crippen molar-refractivity contribution in [1.29, 1.82) is 0 Å². The Kier molecular flexibility index (Phi) is 3.89. The molecule has 0 saturated carbocycles. The molecule has 118 valence electrons. The fourth-order valence-electron chi connectivity index (χ4n) is 2.61. The first-order valence-electron chi connectivity index (χ1n) is 7.46. The van der Waals surface area contributed by atoms with E-state index >= 15 is 0 Å². The molecule has 0 aliphatic rings. The monoisotopic (exact) mass is 353 g/mol. The van der Waals surface area contributed by atoms with E-state index < -0.39 is 0 Å². The van der Waals surface area contributed by atoms with Crippen molar-refractivity contribution in [3.63, 3.8) is 0 Å². The van der Waals surface area contributed by atoms with E-state index in [2.05, 4.69) is 5.32 Å². The van der Waals surface area contributed by atoms with E-state index in [0.717, 1.165) is 28.4 Å². The number of hydrogen-bond acceptors (Lipinski definition) is 2. The first-order chi connectivity index (χ1) is 11.7. The second-order valence-corrected chi connectivity index (χ2v) is 6.26. The highest BCUT2D eigenvalue weighted by Gasteiger charge is 2.14. The minimum atomic E-state index is 0.652. The summed E-state index contributed by atoms with van der Waals surface area (Å²) in [4.78, 5) is 4.75. The van der Waals surface area contributed by atoms with Gasteiger partial charge < -0.3 is 5.32 Å². The number of imidazole rings is 1. The van der Waals surface area contributed by atoms with Gasteiger partial charge in [-0.2, -0.15) is 0 Å². The molecule has 2 aromatic heterocycles. The van der Waals surface area contributed by atoms with Crippen molar-refractivity contribution in [2.24, 2.45) is 0 Å². The molecule has 0 aliphatic carbocycles. The third-order valence-electron chi connectivity index (χ3n) is 3.74. The Labute approximate surface area is 149 Å². The lowest BCUT2D eigenvalue weighted by Crippen LogP contribution is -1.96. The van der Waals surface area contributed by atoms with E-state index in [0.29, 0.717) is 10.0 Å². The van der Waals surface area contributed by atoms with Crippen LogP contribution in [0.3, 0.4) is 0 Å². The lowest BCUT2D eigenvalue weighted by Gasteiger charge is -2.09. The number of nitrogens with one attached hydrogen (secondary N) is 1. The minimum absolute atomic E-state index is 0.652. The fraction of sp³-hybridized carbons (Fsp3) is 0. The van der Waals surface area contributed by atoms with Crippen LogP contribution in [0.5, 0.6) is 0 Å². The Bertz CT molecular complexity index is 992. The third kappa shape index (κ3) is 2.84. The molecule has 2 heterocycles. The van der Waals surface area contributed by atoms with Crippen molar-refractivity contribution in [2.45, 2.75) is 0 Å². The molecule has 0 spiro atoms. The van der Waals surface area contributed by atoms with E-state index in [1.165, 1.54) is 0 Å². The molecule has 0 radical (unpaired) electrons. The Balaban J connectivity index is 1.90. The average molecular weight is 354 g/mol. The molecule has 3 nitrogen and oxygen atoms in total. The second kappa shape index (κ2) is 6.19. The maximum atomic E-state index is 6.18. The van der Waals surface area contributed by atoms with Crippen LogP contribution in [0.4, 0.5) is 11.5 Å². The van der Waals surface area contributed by atoms with Crippen LogP contribution in [0.15, 0.2) is 72.9 Å². The van der Waals surface area contributed by atoms with Gasteiger partial charge in [-0.15, -0.1) is 0 Å². The van der Waals surface area contributed by atoms with Gasteiger partial charge in [-0.25, -0.2) is 4.98 Å². The highest BCUT2D eigenvalue weighted by molar-refractivity contribution is 6.30. The fourth-order valence-corrected chi connectivity index (χ4v) is 2.89. The topological polar surface area (TPSA) is 29.3 Å². The Morgan fingerprint density at radius 3 is 2.25 bits per heavy atom. The van der Waals surface area contributed by atoms with Gasteiger partial charge >= 0.3 is 0 Å². The van der Waals surface area contributed by atoms with E-state index in [-0.39, 0.29) is 0 Å². The maximum Gasteiger partial charge on any atom is 0.143 e. The van der Waals surface area contributed by atoms with Crippen LogP contribution in [-0.2, 0) is 0 Å². The summed E-state index contributed by atoms with van der Waals surface area (Å²) in [5, 5.41) is 4.78. The first kappa shape index (κ1) is 15.1. The molecule has 0 atom stereocenters. The number of rotatable bonds is 3. The smallest absolute Gasteiger partial charge is 0.143 e. The van der Waals surface area contributed by atoms with E-state index in [9.17, 15) is 0 Å². The van der Waals surface area contributed by atoms with Gasteiger partial charge in [-0.1, -0.05) is 53.5 Å². The Morgan fingerprint density at radius 2 is 1.50 bits per heavy atom. The number of aromatic nitrogens is 2. The van der Waals surface area contributed by atoms with Gasteiger partial charge in [-0.05, 0) is 36.4 Å². The molecule has 5 heteroatoms. The molecule has 4 rings (SSSR count). The van der Waals surface area contributed by atoms with Crippen LogP contribution in [0, 0.1) is 0 Å². The Hall–Kier alpha value is -2.49. The number of fused-ring (bicyclic) bond motifs is 1. The molecule has 0 amide bonds. The van der Waals surface area contributed by atoms with Gasteiger partial charge in [0.15, 0.2) is 0 Å². The zero-order valence-electron chi connectivity index (χ0n) is 12.6. The highest BCUT2D eigenvalue weighted by atomic mass is 35.5. The standard InChI is InChI=1S/C19H13Cl2N3/c20-14-6-9-16(10-7-14)22-19-18(13-4-2-1-3-5-13)23-17-11-8-15(21)12-24(17)19/h1-12,22H. The summed E-state index contributed by atoms with van der Waals surface area (Å²) in [6, 6.07) is 21.4. The van der Waals surface area contributed by atoms with Gasteiger partial charge in [0.2, 0.25) is 0 Å². The molecular weight excluding hydrogens is 341 g/mol. The maximum absolute atomic E-state index is 6.18. The highest BCUT2D eigenvalue weighted by Crippen LogP contribution is 2.32. The molecule has 1 N–H and O–H groups in total. The molecule has 0 fully saturated rings. The predicted octanol–water partition coefficient (Wildman–Crippen LogP) is 6.05. The van der Waals surface area contributed by atoms with Crippen molar-refractivity contribution < 1.29 is 0 Å². The summed E-state index contributed by atoms with van der Waals surface area (Å²) in [6.07, 6.45) is 1.86. The summed E-state index contributed by atoms with van der Waals surface area (Å²) in [5.41, 5.74) is 3.66. The summed E-state index contributed by atoms with van der Waals surface area (Å²) < 4.78 is 1.96. The molecule has 4 aromatic rings. The Morgan fingerprint density at radius 1 is 0.792 bits per heavy atom. The van der Waals surface area contributed by atoms with Crippen molar-refractivity contribution >= 4 is 40.4 Å². The van der Waals surface area contributed by atoms with Crippen molar-refractivity contribution in [2.75, 3.05) is 5.32 Å². The van der Waals surface area contributed by atoms with Gasteiger partial charge in [0.25, 0.3) is 0 Å². The van der Waals surface area contributed by atoms with Crippen LogP contribution in [-0.4, -0.2) is 9.38 Å². The van der Waals surface area contributed by atoms with Gasteiger partial charge in [0, 0.05) is 22.5 Å². The van der Waals surface area contributed by atoms with E-state index in [1.54, 1.807) is 0 Å². The second-order valence-electron chi connectivity index (χ2n) is 5.38. The van der Waals surface area contributed by atoms with Crippen LogP contribution < -0.4 is 5.32 Å². The molecule has 0 unspecified atom stereocenters. The number of nitrogens with zero attached hydrogens (tertiary/aromatic N) is 2. The molecule has 0 saturated heterocycles. The van der Waals surface area contributed by atoms with Gasteiger partial charge in [-0.3, -0.25) is 4.40 Å². The minimum Gasteiger partial charge on any atom is -0.339 e. The number of benzene rings is 2. The van der Waals surface area contributed by atoms with Crippen LogP contribution in [0.25, 0.3) is 16.9 Å². The summed E-state index contributed by atoms with van der Waals surface area (Å²) in [6.45, 7) is 0. The SMILES string of the molecule is Clc1ccc(Nc2c(-c3ccccc3)nc3ccc(Cl)cn23)cc1. The normalized spacial score (nSPS) is 10.9. The van der Waals surface area contributed by atoms with Crippen LogP contribution in [0.2, 0.25) is 10.0 Å². The van der Waals surface area contributed by atoms with Crippen molar-refractivity contribution in [3.05, 3.63) is 83.0 Å². The largest absolute Gasteiger partial charge is 0.339 e. The summed E-state index contributed by atoms with van der Waals surface area (Å²) in [5.74, 6) is 0.862. The third-order valence-corrected chi connectivity index (χ3v) is 4.21.